The number of nitrogens with one attached hydrogen (secondary N) is 1. The highest BCUT2D eigenvalue weighted by molar-refractivity contribution is 5.95. The number of amides is 1. The Bertz CT molecular complexity index is 396. The first-order chi connectivity index (χ1) is 8.99. The number of ether oxygens (including phenoxy) is 1. The molecule has 1 aromatic rings. The van der Waals surface area contributed by atoms with Crippen LogP contribution in [0.5, 0.6) is 0 Å². The molecule has 1 rings (SSSR count). The number of hydrogen-bond donors (Lipinski definition) is 2. The number of carbonyl (C=O) groups excluding carboxylic acids is 1. The van der Waals surface area contributed by atoms with Crippen molar-refractivity contribution >= 4 is 11.6 Å². The number of carbonyl (C=O) groups is 1. The van der Waals surface area contributed by atoms with Crippen LogP contribution < -0.4 is 11.1 Å². The molecule has 0 aliphatic rings. The Morgan fingerprint density at radius 1 is 1.32 bits per heavy atom. The van der Waals surface area contributed by atoms with Crippen LogP contribution in [0.3, 0.4) is 0 Å². The van der Waals surface area contributed by atoms with Gasteiger partial charge in [0.1, 0.15) is 0 Å². The van der Waals surface area contributed by atoms with Crippen LogP contribution in [0.25, 0.3) is 0 Å². The van der Waals surface area contributed by atoms with Crippen LogP contribution in [-0.4, -0.2) is 25.2 Å². The summed E-state index contributed by atoms with van der Waals surface area (Å²) in [6.07, 6.45) is 2.14. The summed E-state index contributed by atoms with van der Waals surface area (Å²) in [5.74, 6) is -0.0693. The van der Waals surface area contributed by atoms with Gasteiger partial charge in [-0.15, -0.1) is 0 Å². The molecule has 0 heterocycles. The average Bonchev–Trinajstić information content (AvgIpc) is 2.31. The molecule has 0 aliphatic heterocycles. The van der Waals surface area contributed by atoms with Gasteiger partial charge < -0.3 is 15.8 Å². The van der Waals surface area contributed by atoms with E-state index in [1.807, 2.05) is 32.9 Å². The van der Waals surface area contributed by atoms with Crippen LogP contribution in [0.4, 0.5) is 5.69 Å². The third-order valence-corrected chi connectivity index (χ3v) is 2.67. The standard InChI is InChI=1S/C15H24N2O2/c1-11(2)19-7-5-4-6-17-15(18)13-8-12(3)9-14(16)10-13/h8-11H,4-7,16H2,1-3H3,(H,17,18). The van der Waals surface area contributed by atoms with Gasteiger partial charge in [0.25, 0.3) is 5.91 Å². The van der Waals surface area contributed by atoms with Crippen molar-refractivity contribution in [3.05, 3.63) is 29.3 Å². The second-order valence-corrected chi connectivity index (χ2v) is 5.01. The lowest BCUT2D eigenvalue weighted by Gasteiger charge is -2.08. The predicted molar refractivity (Wildman–Crippen MR) is 78.2 cm³/mol. The van der Waals surface area contributed by atoms with Crippen LogP contribution in [-0.2, 0) is 4.74 Å². The van der Waals surface area contributed by atoms with Crippen molar-refractivity contribution in [1.29, 1.82) is 0 Å². The smallest absolute Gasteiger partial charge is 0.251 e. The molecule has 4 nitrogen and oxygen atoms in total. The van der Waals surface area contributed by atoms with E-state index in [0.29, 0.717) is 17.8 Å². The maximum Gasteiger partial charge on any atom is 0.251 e. The molecule has 0 spiro atoms. The first-order valence-electron chi connectivity index (χ1n) is 6.76. The maximum atomic E-state index is 11.9. The molecule has 4 heteroatoms. The number of nitrogens with two attached hydrogens (primary N) is 1. The van der Waals surface area contributed by atoms with Crippen molar-refractivity contribution in [1.82, 2.24) is 5.32 Å². The summed E-state index contributed by atoms with van der Waals surface area (Å²) in [4.78, 5) is 11.9. The molecule has 0 unspecified atom stereocenters. The number of rotatable bonds is 7. The van der Waals surface area contributed by atoms with Gasteiger partial charge in [-0.05, 0) is 57.4 Å². The second kappa shape index (κ2) is 7.79. The van der Waals surface area contributed by atoms with E-state index in [2.05, 4.69) is 5.32 Å². The van der Waals surface area contributed by atoms with E-state index in [-0.39, 0.29) is 12.0 Å². The van der Waals surface area contributed by atoms with Gasteiger partial charge >= 0.3 is 0 Å². The number of hydrogen-bond acceptors (Lipinski definition) is 3. The van der Waals surface area contributed by atoms with Crippen LogP contribution in [0.2, 0.25) is 0 Å². The highest BCUT2D eigenvalue weighted by Gasteiger charge is 2.06. The largest absolute Gasteiger partial charge is 0.399 e. The minimum atomic E-state index is -0.0693. The number of unbranched alkanes of at least 4 members (excludes halogenated alkanes) is 1. The zero-order valence-corrected chi connectivity index (χ0v) is 12.0. The Kier molecular flexibility index (Phi) is 6.36. The fraction of sp³-hybridized carbons (Fsp3) is 0.533. The highest BCUT2D eigenvalue weighted by Crippen LogP contribution is 2.11. The van der Waals surface area contributed by atoms with Crippen molar-refractivity contribution in [3.63, 3.8) is 0 Å². The Morgan fingerprint density at radius 3 is 2.68 bits per heavy atom. The maximum absolute atomic E-state index is 11.9. The Balaban J connectivity index is 2.27. The zero-order valence-electron chi connectivity index (χ0n) is 12.0. The Hall–Kier alpha value is -1.55. The van der Waals surface area contributed by atoms with Gasteiger partial charge in [-0.3, -0.25) is 4.79 Å². The predicted octanol–water partition coefficient (Wildman–Crippen LogP) is 2.51. The van der Waals surface area contributed by atoms with Gasteiger partial charge in [-0.25, -0.2) is 0 Å². The highest BCUT2D eigenvalue weighted by atomic mass is 16.5. The Labute approximate surface area is 115 Å². The van der Waals surface area contributed by atoms with E-state index in [9.17, 15) is 4.79 Å². The summed E-state index contributed by atoms with van der Waals surface area (Å²) in [7, 11) is 0. The first-order valence-corrected chi connectivity index (χ1v) is 6.76. The molecule has 0 bridgehead atoms. The lowest BCUT2D eigenvalue weighted by atomic mass is 10.1. The summed E-state index contributed by atoms with van der Waals surface area (Å²) in [5.41, 5.74) is 7.96. The van der Waals surface area contributed by atoms with Gasteiger partial charge in [0.15, 0.2) is 0 Å². The fourth-order valence-electron chi connectivity index (χ4n) is 1.79. The first kappa shape index (κ1) is 15.5. The van der Waals surface area contributed by atoms with Gasteiger partial charge in [-0.1, -0.05) is 0 Å². The number of nitrogen functional groups attached to an aromatic ring is 1. The zero-order chi connectivity index (χ0) is 14.3. The summed E-state index contributed by atoms with van der Waals surface area (Å²) in [6, 6.07) is 5.39. The van der Waals surface area contributed by atoms with E-state index >= 15 is 0 Å². The summed E-state index contributed by atoms with van der Waals surface area (Å²) in [5, 5.41) is 2.89. The molecule has 0 atom stereocenters. The van der Waals surface area contributed by atoms with E-state index in [4.69, 9.17) is 10.5 Å². The third-order valence-electron chi connectivity index (χ3n) is 2.67. The average molecular weight is 264 g/mol. The molecule has 0 saturated carbocycles. The molecule has 1 aromatic carbocycles. The van der Waals surface area contributed by atoms with Crippen LogP contribution in [0.15, 0.2) is 18.2 Å². The van der Waals surface area contributed by atoms with Crippen LogP contribution in [0, 0.1) is 6.92 Å². The van der Waals surface area contributed by atoms with Crippen LogP contribution in [0.1, 0.15) is 42.6 Å². The van der Waals surface area contributed by atoms with E-state index in [1.165, 1.54) is 0 Å². The monoisotopic (exact) mass is 264 g/mol. The van der Waals surface area contributed by atoms with Gasteiger partial charge in [-0.2, -0.15) is 0 Å². The third kappa shape index (κ3) is 6.25. The molecule has 0 radical (unpaired) electrons. The lowest BCUT2D eigenvalue weighted by molar-refractivity contribution is 0.0754. The van der Waals surface area contributed by atoms with Gasteiger partial charge in [0.2, 0.25) is 0 Å². The Morgan fingerprint density at radius 2 is 2.05 bits per heavy atom. The molecular formula is C15H24N2O2. The van der Waals surface area contributed by atoms with Crippen molar-refractivity contribution in [2.75, 3.05) is 18.9 Å². The number of aryl methyl sites for hydroxylation is 1. The second-order valence-electron chi connectivity index (χ2n) is 5.01. The SMILES string of the molecule is Cc1cc(N)cc(C(=O)NCCCCOC(C)C)c1. The summed E-state index contributed by atoms with van der Waals surface area (Å²) >= 11 is 0. The van der Waals surface area contributed by atoms with Crippen molar-refractivity contribution < 1.29 is 9.53 Å². The normalized spacial score (nSPS) is 10.7. The molecular weight excluding hydrogens is 240 g/mol. The van der Waals surface area contributed by atoms with E-state index < -0.39 is 0 Å². The summed E-state index contributed by atoms with van der Waals surface area (Å²) < 4.78 is 5.44. The fourth-order valence-corrected chi connectivity index (χ4v) is 1.79. The van der Waals surface area contributed by atoms with Gasteiger partial charge in [0, 0.05) is 24.4 Å². The topological polar surface area (TPSA) is 64.4 Å². The quantitative estimate of drug-likeness (QED) is 0.587. The molecule has 0 aliphatic carbocycles. The molecule has 19 heavy (non-hydrogen) atoms. The molecule has 0 fully saturated rings. The van der Waals surface area contributed by atoms with E-state index in [1.54, 1.807) is 6.07 Å². The van der Waals surface area contributed by atoms with Crippen molar-refractivity contribution in [2.24, 2.45) is 0 Å². The molecule has 0 aromatic heterocycles. The molecule has 0 saturated heterocycles. The van der Waals surface area contributed by atoms with Crippen molar-refractivity contribution in [3.8, 4) is 0 Å². The minimum absolute atomic E-state index is 0.0693. The molecule has 1 amide bonds. The minimum Gasteiger partial charge on any atom is -0.399 e. The molecule has 106 valence electrons. The lowest BCUT2D eigenvalue weighted by Crippen LogP contribution is -2.25. The number of benzene rings is 1. The van der Waals surface area contributed by atoms with E-state index in [0.717, 1.165) is 25.0 Å². The van der Waals surface area contributed by atoms with Crippen molar-refractivity contribution in [2.45, 2.75) is 39.7 Å². The summed E-state index contributed by atoms with van der Waals surface area (Å²) in [6.45, 7) is 7.36. The molecule has 3 N–H and O–H groups in total. The van der Waals surface area contributed by atoms with Crippen LogP contribution >= 0.6 is 0 Å². The van der Waals surface area contributed by atoms with Gasteiger partial charge in [0.05, 0.1) is 6.10 Å². The number of anilines is 1.